The fourth-order valence-electron chi connectivity index (χ4n) is 13.4. The van der Waals surface area contributed by atoms with Crippen LogP contribution in [0.15, 0.2) is 103 Å². The largest absolute Gasteiger partial charge is 0.311 e. The maximum Gasteiger partial charge on any atom is 0.264 e. The van der Waals surface area contributed by atoms with E-state index in [1.165, 1.54) is 125 Å². The highest BCUT2D eigenvalue weighted by Gasteiger charge is 2.50. The van der Waals surface area contributed by atoms with Crippen molar-refractivity contribution in [2.45, 2.75) is 149 Å². The zero-order valence-corrected chi connectivity index (χ0v) is 43.8. The molecule has 0 N–H and O–H groups in total. The van der Waals surface area contributed by atoms with Crippen LogP contribution in [0.4, 0.5) is 34.1 Å². The number of hydrogen-bond donors (Lipinski definition) is 0. The van der Waals surface area contributed by atoms with E-state index >= 15 is 0 Å². The van der Waals surface area contributed by atoms with Crippen LogP contribution in [-0.2, 0) is 27.1 Å². The third-order valence-electron chi connectivity index (χ3n) is 17.5. The van der Waals surface area contributed by atoms with Crippen LogP contribution in [0.25, 0.3) is 21.2 Å². The second kappa shape index (κ2) is 13.4. The SMILES string of the molecule is Cc1cc2c3c(c1)N(c1cccc4c1[Si](C)(C)c1ccccc1-4)c1c(sc4cc5c(cc14)C(C)(C)CCC5(C)C)B3c1cc3c(cc1N2c1ccc(C(C)(C)C)cc1)C(C)(C)CCC3(C)C. The molecule has 0 atom stereocenters. The average molecular weight is 899 g/mol. The summed E-state index contributed by atoms with van der Waals surface area (Å²) in [5.74, 6) is 0. The first-order valence-corrected chi connectivity index (χ1v) is 28.7. The van der Waals surface area contributed by atoms with Crippen molar-refractivity contribution in [1.29, 1.82) is 0 Å². The molecular formula is C61H67BN2SSi. The van der Waals surface area contributed by atoms with E-state index < -0.39 is 8.07 Å². The zero-order valence-electron chi connectivity index (χ0n) is 42.0. The van der Waals surface area contributed by atoms with Crippen molar-refractivity contribution in [2.24, 2.45) is 0 Å². The van der Waals surface area contributed by atoms with Crippen LogP contribution in [-0.4, -0.2) is 14.8 Å². The quantitative estimate of drug-likeness (QED) is 0.160. The zero-order chi connectivity index (χ0) is 46.4. The highest BCUT2D eigenvalue weighted by atomic mass is 32.1. The van der Waals surface area contributed by atoms with Crippen LogP contribution in [0.1, 0.15) is 135 Å². The predicted octanol–water partition coefficient (Wildman–Crippen LogP) is 14.1. The van der Waals surface area contributed by atoms with Gasteiger partial charge in [0.1, 0.15) is 8.07 Å². The van der Waals surface area contributed by atoms with Crippen LogP contribution < -0.4 is 35.9 Å². The van der Waals surface area contributed by atoms with Gasteiger partial charge < -0.3 is 9.80 Å². The van der Waals surface area contributed by atoms with Gasteiger partial charge in [-0.15, -0.1) is 11.3 Å². The van der Waals surface area contributed by atoms with Gasteiger partial charge in [0.25, 0.3) is 6.71 Å². The fourth-order valence-corrected chi connectivity index (χ4v) is 18.1. The molecule has 4 heterocycles. The first-order valence-electron chi connectivity index (χ1n) is 24.9. The van der Waals surface area contributed by atoms with Gasteiger partial charge in [-0.3, -0.25) is 0 Å². The van der Waals surface area contributed by atoms with E-state index in [2.05, 4.69) is 220 Å². The Hall–Kier alpha value is -4.84. The molecule has 0 saturated heterocycles. The van der Waals surface area contributed by atoms with E-state index in [1.807, 2.05) is 0 Å². The molecule has 5 heteroatoms. The standard InChI is InChI=1S/C61H67BN2SSi/c1-36-30-49-53-50(31-36)64(47-20-17-19-40-39-18-15-16-21-52(39)66(13,14)55(40)47)54-41-32-42-45(61(11,12)29-26-58(42,5)6)35-51(41)65-56(54)62(53)46-33-43-44(60(9,10)28-27-59(43,7)8)34-48(46)63(49)38-24-22-37(23-25-38)57(2,3)4/h15-25,30-35H,26-29H2,1-14H3. The Kier molecular flexibility index (Phi) is 8.66. The lowest BCUT2D eigenvalue weighted by atomic mass is 9.35. The molecule has 66 heavy (non-hydrogen) atoms. The Labute approximate surface area is 400 Å². The molecule has 0 saturated carbocycles. The normalized spacial score (nSPS) is 19.6. The van der Waals surface area contributed by atoms with Crippen LogP contribution in [0.2, 0.25) is 13.1 Å². The summed E-state index contributed by atoms with van der Waals surface area (Å²) in [6, 6.07) is 41.9. The molecule has 0 unspecified atom stereocenters. The molecule has 0 bridgehead atoms. The van der Waals surface area contributed by atoms with Gasteiger partial charge >= 0.3 is 0 Å². The Bertz CT molecular complexity index is 3250. The van der Waals surface area contributed by atoms with Gasteiger partial charge in [0.2, 0.25) is 0 Å². The molecule has 3 aliphatic heterocycles. The number of hydrogen-bond acceptors (Lipinski definition) is 3. The van der Waals surface area contributed by atoms with Crippen molar-refractivity contribution in [3.05, 3.63) is 137 Å². The van der Waals surface area contributed by atoms with E-state index in [0.29, 0.717) is 0 Å². The van der Waals surface area contributed by atoms with E-state index in [9.17, 15) is 0 Å². The third-order valence-corrected chi connectivity index (χ3v) is 22.3. The maximum absolute atomic E-state index is 2.81. The van der Waals surface area contributed by atoms with Crippen molar-refractivity contribution >= 4 is 96.4 Å². The Morgan fingerprint density at radius 3 is 1.77 bits per heavy atom. The number of thiophene rings is 1. The summed E-state index contributed by atoms with van der Waals surface area (Å²) in [5, 5.41) is 4.53. The van der Waals surface area contributed by atoms with Gasteiger partial charge in [-0.25, -0.2) is 0 Å². The first kappa shape index (κ1) is 42.5. The molecule has 2 aliphatic carbocycles. The van der Waals surface area contributed by atoms with Crippen molar-refractivity contribution in [3.8, 4) is 11.1 Å². The molecule has 6 aromatic carbocycles. The van der Waals surface area contributed by atoms with E-state index in [1.54, 1.807) is 15.9 Å². The second-order valence-corrected chi connectivity index (χ2v) is 30.6. The summed E-state index contributed by atoms with van der Waals surface area (Å²) in [7, 11) is -2.14. The lowest BCUT2D eigenvalue weighted by Gasteiger charge is -2.47. The fraction of sp³-hybridized carbons (Fsp3) is 0.377. The number of anilines is 6. The Morgan fingerprint density at radius 1 is 0.576 bits per heavy atom. The van der Waals surface area contributed by atoms with Gasteiger partial charge in [0, 0.05) is 43.3 Å². The number of nitrogens with zero attached hydrogens (tertiary/aromatic N) is 2. The van der Waals surface area contributed by atoms with E-state index in [0.717, 1.165) is 0 Å². The van der Waals surface area contributed by atoms with Crippen molar-refractivity contribution in [3.63, 3.8) is 0 Å². The summed E-state index contributed by atoms with van der Waals surface area (Å²) < 4.78 is 2.92. The number of rotatable bonds is 2. The molecule has 2 nitrogen and oxygen atoms in total. The van der Waals surface area contributed by atoms with Gasteiger partial charge in [-0.2, -0.15) is 0 Å². The topological polar surface area (TPSA) is 6.48 Å². The van der Waals surface area contributed by atoms with Crippen molar-refractivity contribution in [1.82, 2.24) is 0 Å². The number of benzene rings is 6. The lowest BCUT2D eigenvalue weighted by Crippen LogP contribution is -2.61. The molecule has 1 aromatic heterocycles. The number of fused-ring (bicyclic) bond motifs is 11. The van der Waals surface area contributed by atoms with Crippen LogP contribution in [0, 0.1) is 6.92 Å². The van der Waals surface area contributed by atoms with Crippen molar-refractivity contribution < 1.29 is 0 Å². The van der Waals surface area contributed by atoms with Gasteiger partial charge in [-0.1, -0.05) is 144 Å². The summed E-state index contributed by atoms with van der Waals surface area (Å²) in [5.41, 5.74) is 23.0. The Balaban J connectivity index is 1.23. The molecule has 5 aliphatic rings. The summed E-state index contributed by atoms with van der Waals surface area (Å²) in [6.07, 6.45) is 4.78. The van der Waals surface area contributed by atoms with Crippen LogP contribution in [0.3, 0.4) is 0 Å². The average Bonchev–Trinajstić information content (AvgIpc) is 3.74. The molecule has 7 aromatic rings. The van der Waals surface area contributed by atoms with E-state index in [-0.39, 0.29) is 33.8 Å². The number of aryl methyl sites for hydroxylation is 1. The van der Waals surface area contributed by atoms with Crippen LogP contribution in [0.5, 0.6) is 0 Å². The maximum atomic E-state index is 2.81. The molecule has 0 fully saturated rings. The Morgan fingerprint density at radius 2 is 1.14 bits per heavy atom. The molecule has 0 spiro atoms. The smallest absolute Gasteiger partial charge is 0.264 e. The monoisotopic (exact) mass is 898 g/mol. The highest BCUT2D eigenvalue weighted by Crippen LogP contribution is 2.54. The van der Waals surface area contributed by atoms with Gasteiger partial charge in [0.05, 0.1) is 5.69 Å². The van der Waals surface area contributed by atoms with E-state index in [4.69, 9.17) is 0 Å². The predicted molar refractivity (Wildman–Crippen MR) is 292 cm³/mol. The molecule has 0 amide bonds. The highest BCUT2D eigenvalue weighted by molar-refractivity contribution is 7.33. The lowest BCUT2D eigenvalue weighted by molar-refractivity contribution is 0.332. The van der Waals surface area contributed by atoms with Gasteiger partial charge in [0.15, 0.2) is 0 Å². The van der Waals surface area contributed by atoms with Crippen molar-refractivity contribution in [2.75, 3.05) is 9.80 Å². The molecule has 0 radical (unpaired) electrons. The summed E-state index contributed by atoms with van der Waals surface area (Å²) >= 11 is 2.09. The van der Waals surface area contributed by atoms with Crippen LogP contribution >= 0.6 is 11.3 Å². The minimum absolute atomic E-state index is 0.0645. The molecule has 334 valence electrons. The minimum Gasteiger partial charge on any atom is -0.311 e. The molecular weight excluding hydrogens is 832 g/mol. The molecule has 12 rings (SSSR count). The second-order valence-electron chi connectivity index (χ2n) is 25.2. The minimum atomic E-state index is -2.14. The summed E-state index contributed by atoms with van der Waals surface area (Å²) in [4.78, 5) is 5.48. The first-order chi connectivity index (χ1) is 31.0. The summed E-state index contributed by atoms with van der Waals surface area (Å²) in [6.45, 7) is 34.6. The third kappa shape index (κ3) is 5.77. The van der Waals surface area contributed by atoms with Gasteiger partial charge in [-0.05, 0) is 174 Å².